The summed E-state index contributed by atoms with van der Waals surface area (Å²) in [5.41, 5.74) is 1.74. The Morgan fingerprint density at radius 2 is 1.69 bits per heavy atom. The van der Waals surface area contributed by atoms with Gasteiger partial charge in [0.25, 0.3) is 5.91 Å². The van der Waals surface area contributed by atoms with Gasteiger partial charge in [-0.15, -0.1) is 0 Å². The highest BCUT2D eigenvalue weighted by Gasteiger charge is 2.51. The molecule has 1 amide bonds. The van der Waals surface area contributed by atoms with Crippen molar-refractivity contribution in [3.05, 3.63) is 84.7 Å². The van der Waals surface area contributed by atoms with E-state index >= 15 is 0 Å². The Balaban J connectivity index is 1.66. The lowest BCUT2D eigenvalue weighted by Gasteiger charge is -2.46. The summed E-state index contributed by atoms with van der Waals surface area (Å²) in [6, 6.07) is 20.4. The molecule has 4 rings (SSSR count). The summed E-state index contributed by atoms with van der Waals surface area (Å²) in [5, 5.41) is 0. The normalized spacial score (nSPS) is 19.0. The molecule has 0 aliphatic carbocycles. The molecule has 1 aliphatic rings. The van der Waals surface area contributed by atoms with Crippen LogP contribution in [-0.4, -0.2) is 24.1 Å². The number of nitrogens with zero attached hydrogens (tertiary/aromatic N) is 2. The zero-order valence-corrected chi connectivity index (χ0v) is 14.3. The van der Waals surface area contributed by atoms with E-state index in [9.17, 15) is 4.79 Å². The fourth-order valence-electron chi connectivity index (χ4n) is 3.13. The van der Waals surface area contributed by atoms with Crippen molar-refractivity contribution >= 4 is 11.6 Å². The first-order valence-electron chi connectivity index (χ1n) is 8.36. The van der Waals surface area contributed by atoms with Crippen LogP contribution in [0.5, 0.6) is 11.5 Å². The number of anilines is 1. The van der Waals surface area contributed by atoms with E-state index in [2.05, 4.69) is 4.98 Å². The van der Waals surface area contributed by atoms with Gasteiger partial charge in [-0.2, -0.15) is 0 Å². The highest BCUT2D eigenvalue weighted by Crippen LogP contribution is 2.41. The number of carbonyl (C=O) groups excluding carboxylic acids is 1. The number of amides is 1. The van der Waals surface area contributed by atoms with E-state index in [1.54, 1.807) is 24.4 Å². The Kier molecular flexibility index (Phi) is 4.27. The highest BCUT2D eigenvalue weighted by atomic mass is 16.5. The Hall–Kier alpha value is -3.34. The smallest absolute Gasteiger partial charge is 0.271 e. The molecule has 1 saturated heterocycles. The van der Waals surface area contributed by atoms with Gasteiger partial charge in [-0.1, -0.05) is 24.3 Å². The second kappa shape index (κ2) is 6.88. The molecular weight excluding hydrogens is 328 g/mol. The number of β-lactam (4-membered cyclic amide) rings is 1. The molecule has 5 nitrogen and oxygen atoms in total. The van der Waals surface area contributed by atoms with Crippen molar-refractivity contribution in [1.82, 2.24) is 4.98 Å². The Morgan fingerprint density at radius 3 is 2.35 bits per heavy atom. The predicted octanol–water partition coefficient (Wildman–Crippen LogP) is 3.63. The predicted molar refractivity (Wildman–Crippen MR) is 98.3 cm³/mol. The second-order valence-electron chi connectivity index (χ2n) is 5.99. The number of hydrogen-bond acceptors (Lipinski definition) is 4. The van der Waals surface area contributed by atoms with Crippen molar-refractivity contribution in [3.8, 4) is 11.5 Å². The van der Waals surface area contributed by atoms with E-state index in [-0.39, 0.29) is 11.9 Å². The van der Waals surface area contributed by atoms with Crippen LogP contribution in [0.4, 0.5) is 5.69 Å². The minimum atomic E-state index is -0.580. The van der Waals surface area contributed by atoms with Crippen LogP contribution in [0.3, 0.4) is 0 Å². The van der Waals surface area contributed by atoms with Gasteiger partial charge in [-0.3, -0.25) is 14.7 Å². The lowest BCUT2D eigenvalue weighted by molar-refractivity contribution is -0.135. The molecule has 0 unspecified atom stereocenters. The van der Waals surface area contributed by atoms with E-state index in [4.69, 9.17) is 9.47 Å². The Labute approximate surface area is 151 Å². The van der Waals surface area contributed by atoms with Gasteiger partial charge in [-0.25, -0.2) is 0 Å². The lowest BCUT2D eigenvalue weighted by atomic mass is 9.90. The van der Waals surface area contributed by atoms with Crippen molar-refractivity contribution < 1.29 is 14.3 Å². The number of methoxy groups -OCH3 is 1. The molecule has 0 saturated carbocycles. The topological polar surface area (TPSA) is 51.7 Å². The third kappa shape index (κ3) is 2.88. The molecule has 5 heteroatoms. The SMILES string of the molecule is COc1ccc(N2C(=O)[C@H](Oc3ccccc3)[C@@H]2c2cccnc2)cc1. The first-order chi connectivity index (χ1) is 12.8. The van der Waals surface area contributed by atoms with E-state index in [0.717, 1.165) is 17.0 Å². The quantitative estimate of drug-likeness (QED) is 0.662. The molecule has 2 aromatic carbocycles. The molecule has 2 heterocycles. The van der Waals surface area contributed by atoms with Crippen molar-refractivity contribution in [1.29, 1.82) is 0 Å². The van der Waals surface area contributed by atoms with E-state index in [0.29, 0.717) is 5.75 Å². The molecule has 0 N–H and O–H groups in total. The molecule has 26 heavy (non-hydrogen) atoms. The van der Waals surface area contributed by atoms with Crippen molar-refractivity contribution in [2.24, 2.45) is 0 Å². The van der Waals surface area contributed by atoms with Crippen LogP contribution in [0.2, 0.25) is 0 Å². The summed E-state index contributed by atoms with van der Waals surface area (Å²) < 4.78 is 11.2. The number of carbonyl (C=O) groups is 1. The van der Waals surface area contributed by atoms with Gasteiger partial charge in [-0.05, 0) is 48.0 Å². The van der Waals surface area contributed by atoms with Gasteiger partial charge >= 0.3 is 0 Å². The molecule has 3 aromatic rings. The number of para-hydroxylation sites is 1. The standard InChI is InChI=1S/C21H18N2O3/c1-25-17-11-9-16(10-12-17)23-19(15-6-5-13-22-14-15)20(21(23)24)26-18-7-3-2-4-8-18/h2-14,19-20H,1H3/t19-,20+/m0/s1. The maximum absolute atomic E-state index is 12.9. The summed E-state index contributed by atoms with van der Waals surface area (Å²) in [7, 11) is 1.62. The molecule has 2 atom stereocenters. The van der Waals surface area contributed by atoms with Gasteiger partial charge in [0.2, 0.25) is 6.10 Å². The average molecular weight is 346 g/mol. The van der Waals surface area contributed by atoms with Gasteiger partial charge in [0.05, 0.1) is 7.11 Å². The first-order valence-corrected chi connectivity index (χ1v) is 8.36. The van der Waals surface area contributed by atoms with E-state index < -0.39 is 6.10 Å². The Bertz CT molecular complexity index is 882. The first kappa shape index (κ1) is 16.1. The van der Waals surface area contributed by atoms with Crippen molar-refractivity contribution in [3.63, 3.8) is 0 Å². The average Bonchev–Trinajstić information content (AvgIpc) is 2.71. The van der Waals surface area contributed by atoms with Gasteiger partial charge < -0.3 is 9.47 Å². The fourth-order valence-corrected chi connectivity index (χ4v) is 3.13. The summed E-state index contributed by atoms with van der Waals surface area (Å²) in [6.45, 7) is 0. The highest BCUT2D eigenvalue weighted by molar-refractivity contribution is 6.05. The molecular formula is C21H18N2O3. The van der Waals surface area contributed by atoms with Crippen molar-refractivity contribution in [2.45, 2.75) is 12.1 Å². The summed E-state index contributed by atoms with van der Waals surface area (Å²) in [4.78, 5) is 18.8. The monoisotopic (exact) mass is 346 g/mol. The third-order valence-corrected chi connectivity index (χ3v) is 4.43. The van der Waals surface area contributed by atoms with Crippen molar-refractivity contribution in [2.75, 3.05) is 12.0 Å². The van der Waals surface area contributed by atoms with Gasteiger partial charge in [0, 0.05) is 18.1 Å². The molecule has 0 bridgehead atoms. The minimum absolute atomic E-state index is 0.0760. The fraction of sp³-hybridized carbons (Fsp3) is 0.143. The number of benzene rings is 2. The van der Waals surface area contributed by atoms with Gasteiger partial charge in [0.15, 0.2) is 0 Å². The third-order valence-electron chi connectivity index (χ3n) is 4.43. The van der Waals surface area contributed by atoms with E-state index in [1.807, 2.05) is 66.7 Å². The van der Waals surface area contributed by atoms with Crippen LogP contribution in [-0.2, 0) is 4.79 Å². The van der Waals surface area contributed by atoms with Crippen LogP contribution in [0.1, 0.15) is 11.6 Å². The summed E-state index contributed by atoms with van der Waals surface area (Å²) >= 11 is 0. The molecule has 0 radical (unpaired) electrons. The van der Waals surface area contributed by atoms with Crippen LogP contribution in [0.15, 0.2) is 79.1 Å². The largest absolute Gasteiger partial charge is 0.497 e. The maximum Gasteiger partial charge on any atom is 0.271 e. The van der Waals surface area contributed by atoms with Gasteiger partial charge in [0.1, 0.15) is 17.5 Å². The molecule has 130 valence electrons. The van der Waals surface area contributed by atoms with Crippen LogP contribution >= 0.6 is 0 Å². The lowest BCUT2D eigenvalue weighted by Crippen LogP contribution is -2.61. The van der Waals surface area contributed by atoms with E-state index in [1.165, 1.54) is 0 Å². The number of pyridine rings is 1. The van der Waals surface area contributed by atoms with Crippen LogP contribution in [0, 0.1) is 0 Å². The minimum Gasteiger partial charge on any atom is -0.497 e. The number of hydrogen-bond donors (Lipinski definition) is 0. The zero-order chi connectivity index (χ0) is 17.9. The summed E-state index contributed by atoms with van der Waals surface area (Å²) in [6.07, 6.45) is 2.91. The number of aromatic nitrogens is 1. The molecule has 1 aliphatic heterocycles. The molecule has 1 aromatic heterocycles. The molecule has 0 spiro atoms. The molecule has 1 fully saturated rings. The Morgan fingerprint density at radius 1 is 0.923 bits per heavy atom. The summed E-state index contributed by atoms with van der Waals surface area (Å²) in [5.74, 6) is 1.35. The zero-order valence-electron chi connectivity index (χ0n) is 14.3. The maximum atomic E-state index is 12.9. The van der Waals surface area contributed by atoms with Crippen LogP contribution in [0.25, 0.3) is 0 Å². The second-order valence-corrected chi connectivity index (χ2v) is 5.99. The number of rotatable bonds is 5. The number of ether oxygens (including phenoxy) is 2. The van der Waals surface area contributed by atoms with Crippen LogP contribution < -0.4 is 14.4 Å².